The van der Waals surface area contributed by atoms with Crippen molar-refractivity contribution in [1.29, 1.82) is 0 Å². The summed E-state index contributed by atoms with van der Waals surface area (Å²) in [5.41, 5.74) is 2.12. The molecule has 2 heterocycles. The van der Waals surface area contributed by atoms with E-state index < -0.39 is 11.9 Å². The molecule has 0 saturated heterocycles. The Morgan fingerprint density at radius 3 is 2.46 bits per heavy atom. The number of aromatic nitrogens is 1. The molecule has 3 rings (SSSR count). The molecular formula is C20H23ClN2O5. The van der Waals surface area contributed by atoms with E-state index in [1.165, 1.54) is 0 Å². The second kappa shape index (κ2) is 8.14. The highest BCUT2D eigenvalue weighted by atomic mass is 35.5. The van der Waals surface area contributed by atoms with E-state index in [1.807, 2.05) is 0 Å². The number of aryl methyl sites for hydroxylation is 1. The van der Waals surface area contributed by atoms with Gasteiger partial charge in [0.15, 0.2) is 11.5 Å². The number of rotatable bonds is 4. The van der Waals surface area contributed by atoms with Gasteiger partial charge in [-0.3, -0.25) is 4.79 Å². The van der Waals surface area contributed by atoms with Gasteiger partial charge in [-0.2, -0.15) is 0 Å². The van der Waals surface area contributed by atoms with E-state index in [0.29, 0.717) is 52.2 Å². The van der Waals surface area contributed by atoms with Crippen molar-refractivity contribution in [2.75, 3.05) is 18.5 Å². The summed E-state index contributed by atoms with van der Waals surface area (Å²) in [4.78, 5) is 28.1. The van der Waals surface area contributed by atoms with Crippen LogP contribution in [0.4, 0.5) is 5.69 Å². The number of carbonyl (C=O) groups is 2. The lowest BCUT2D eigenvalue weighted by atomic mass is 10.1. The first-order valence-electron chi connectivity index (χ1n) is 9.08. The highest BCUT2D eigenvalue weighted by molar-refractivity contribution is 6.34. The fourth-order valence-electron chi connectivity index (χ4n) is 3.02. The van der Waals surface area contributed by atoms with E-state index in [9.17, 15) is 9.59 Å². The molecule has 2 aromatic rings. The zero-order valence-electron chi connectivity index (χ0n) is 16.3. The van der Waals surface area contributed by atoms with Crippen molar-refractivity contribution < 1.29 is 23.8 Å². The molecule has 0 saturated carbocycles. The maximum absolute atomic E-state index is 12.8. The Hall–Kier alpha value is -2.67. The summed E-state index contributed by atoms with van der Waals surface area (Å²) in [6.07, 6.45) is 0.517. The Balaban J connectivity index is 1.86. The molecule has 0 aliphatic carbocycles. The number of esters is 1. The minimum absolute atomic E-state index is 0.251. The van der Waals surface area contributed by atoms with Gasteiger partial charge in [-0.15, -0.1) is 0 Å². The number of ether oxygens (including phenoxy) is 3. The van der Waals surface area contributed by atoms with E-state index in [-0.39, 0.29) is 11.8 Å². The normalized spacial score (nSPS) is 13.2. The van der Waals surface area contributed by atoms with Crippen LogP contribution < -0.4 is 14.8 Å². The van der Waals surface area contributed by atoms with E-state index in [1.54, 1.807) is 39.8 Å². The number of carbonyl (C=O) groups excluding carboxylic acids is 2. The van der Waals surface area contributed by atoms with Crippen molar-refractivity contribution in [2.24, 2.45) is 0 Å². The number of benzene rings is 1. The van der Waals surface area contributed by atoms with Crippen LogP contribution in [0.15, 0.2) is 12.1 Å². The van der Waals surface area contributed by atoms with E-state index >= 15 is 0 Å². The van der Waals surface area contributed by atoms with Crippen LogP contribution in [0, 0.1) is 13.8 Å². The molecule has 0 fully saturated rings. The first kappa shape index (κ1) is 20.1. The van der Waals surface area contributed by atoms with Gasteiger partial charge in [0.05, 0.1) is 35.6 Å². The van der Waals surface area contributed by atoms with Crippen LogP contribution in [0.2, 0.25) is 5.02 Å². The summed E-state index contributed by atoms with van der Waals surface area (Å²) in [6.45, 7) is 8.04. The summed E-state index contributed by atoms with van der Waals surface area (Å²) in [7, 11) is 0. The molecule has 0 atom stereocenters. The Kier molecular flexibility index (Phi) is 5.84. The lowest BCUT2D eigenvalue weighted by Gasteiger charge is -2.12. The van der Waals surface area contributed by atoms with Gasteiger partial charge < -0.3 is 24.5 Å². The van der Waals surface area contributed by atoms with Crippen molar-refractivity contribution in [2.45, 2.75) is 40.2 Å². The molecule has 0 bridgehead atoms. The maximum Gasteiger partial charge on any atom is 0.340 e. The van der Waals surface area contributed by atoms with Crippen molar-refractivity contribution in [1.82, 2.24) is 4.98 Å². The zero-order valence-corrected chi connectivity index (χ0v) is 17.0. The van der Waals surface area contributed by atoms with E-state index in [2.05, 4.69) is 10.3 Å². The summed E-state index contributed by atoms with van der Waals surface area (Å²) >= 11 is 6.30. The average molecular weight is 407 g/mol. The lowest BCUT2D eigenvalue weighted by molar-refractivity contribution is 0.0376. The van der Waals surface area contributed by atoms with Gasteiger partial charge in [-0.1, -0.05) is 11.6 Å². The number of hydrogen-bond donors (Lipinski definition) is 2. The number of H-pyrrole nitrogens is 1. The number of anilines is 1. The van der Waals surface area contributed by atoms with Crippen molar-refractivity contribution in [3.05, 3.63) is 39.7 Å². The Labute approximate surface area is 168 Å². The second-order valence-corrected chi connectivity index (χ2v) is 7.27. The Morgan fingerprint density at radius 1 is 1.18 bits per heavy atom. The predicted octanol–water partition coefficient (Wildman–Crippen LogP) is 4.26. The van der Waals surface area contributed by atoms with Gasteiger partial charge in [0, 0.05) is 24.2 Å². The number of halogens is 1. The quantitative estimate of drug-likeness (QED) is 0.740. The zero-order chi connectivity index (χ0) is 20.4. The summed E-state index contributed by atoms with van der Waals surface area (Å²) in [6, 6.07) is 3.26. The topological polar surface area (TPSA) is 89.7 Å². The highest BCUT2D eigenvalue weighted by Crippen LogP contribution is 2.38. The molecule has 0 radical (unpaired) electrons. The monoisotopic (exact) mass is 406 g/mol. The van der Waals surface area contributed by atoms with Gasteiger partial charge in [0.2, 0.25) is 0 Å². The molecular weight excluding hydrogens is 384 g/mol. The van der Waals surface area contributed by atoms with Gasteiger partial charge in [0.25, 0.3) is 5.91 Å². The molecule has 1 aliphatic heterocycles. The molecule has 7 nitrogen and oxygen atoms in total. The lowest BCUT2D eigenvalue weighted by Crippen LogP contribution is -2.15. The van der Waals surface area contributed by atoms with Crippen molar-refractivity contribution in [3.63, 3.8) is 0 Å². The summed E-state index contributed by atoms with van der Waals surface area (Å²) in [5, 5.41) is 3.10. The molecule has 1 amide bonds. The number of hydrogen-bond acceptors (Lipinski definition) is 5. The molecule has 150 valence electrons. The molecule has 0 unspecified atom stereocenters. The Bertz CT molecular complexity index is 920. The number of amides is 1. The first-order chi connectivity index (χ1) is 13.3. The van der Waals surface area contributed by atoms with Crippen LogP contribution in [0.1, 0.15) is 52.4 Å². The van der Waals surface area contributed by atoms with E-state index in [0.717, 1.165) is 6.42 Å². The fraction of sp³-hybridized carbons (Fsp3) is 0.400. The summed E-state index contributed by atoms with van der Waals surface area (Å²) < 4.78 is 16.5. The number of aromatic amines is 1. The molecule has 2 N–H and O–H groups in total. The van der Waals surface area contributed by atoms with Gasteiger partial charge in [-0.25, -0.2) is 4.79 Å². The molecule has 0 spiro atoms. The van der Waals surface area contributed by atoms with Crippen LogP contribution in [0.25, 0.3) is 0 Å². The van der Waals surface area contributed by atoms with Crippen LogP contribution in [0.3, 0.4) is 0 Å². The average Bonchev–Trinajstić information content (AvgIpc) is 2.77. The third-order valence-electron chi connectivity index (χ3n) is 4.30. The largest absolute Gasteiger partial charge is 0.490 e. The first-order valence-corrected chi connectivity index (χ1v) is 9.46. The van der Waals surface area contributed by atoms with Gasteiger partial charge in [-0.05, 0) is 33.3 Å². The van der Waals surface area contributed by atoms with Gasteiger partial charge >= 0.3 is 5.97 Å². The smallest absolute Gasteiger partial charge is 0.340 e. The number of nitrogens with one attached hydrogen (secondary N) is 2. The van der Waals surface area contributed by atoms with E-state index in [4.69, 9.17) is 25.8 Å². The standard InChI is InChI=1S/C20H23ClN2O5/c1-10(2)28-20(25)17-11(3)18(22-12(17)4)19(24)23-14-9-16-15(8-13(14)21)26-6-5-7-27-16/h8-10,22H,5-7H2,1-4H3,(H,23,24). The van der Waals surface area contributed by atoms with Crippen molar-refractivity contribution >= 4 is 29.2 Å². The predicted molar refractivity (Wildman–Crippen MR) is 106 cm³/mol. The maximum atomic E-state index is 12.8. The van der Waals surface area contributed by atoms with Crippen molar-refractivity contribution in [3.8, 4) is 11.5 Å². The molecule has 28 heavy (non-hydrogen) atoms. The SMILES string of the molecule is Cc1[nH]c(C(=O)Nc2cc3c(cc2Cl)OCCCO3)c(C)c1C(=O)OC(C)C. The molecule has 1 aliphatic rings. The molecule has 8 heteroatoms. The molecule has 1 aromatic carbocycles. The third kappa shape index (κ3) is 4.09. The van der Waals surface area contributed by atoms with Gasteiger partial charge in [0.1, 0.15) is 5.69 Å². The second-order valence-electron chi connectivity index (χ2n) is 6.86. The minimum atomic E-state index is -0.464. The highest BCUT2D eigenvalue weighted by Gasteiger charge is 2.24. The van der Waals surface area contributed by atoms with Crippen LogP contribution in [0.5, 0.6) is 11.5 Å². The fourth-order valence-corrected chi connectivity index (χ4v) is 3.22. The van der Waals surface area contributed by atoms with Crippen LogP contribution >= 0.6 is 11.6 Å². The number of fused-ring (bicyclic) bond motifs is 1. The minimum Gasteiger partial charge on any atom is -0.490 e. The van der Waals surface area contributed by atoms with Crippen LogP contribution in [-0.2, 0) is 4.74 Å². The Morgan fingerprint density at radius 2 is 1.82 bits per heavy atom. The summed E-state index contributed by atoms with van der Waals surface area (Å²) in [5.74, 6) is 0.193. The van der Waals surface area contributed by atoms with Crippen LogP contribution in [-0.4, -0.2) is 36.2 Å². The molecule has 1 aromatic heterocycles. The third-order valence-corrected chi connectivity index (χ3v) is 4.61.